The van der Waals surface area contributed by atoms with E-state index >= 15 is 0 Å². The molecule has 3 aromatic rings. The van der Waals surface area contributed by atoms with Gasteiger partial charge in [0.15, 0.2) is 0 Å². The van der Waals surface area contributed by atoms with Crippen LogP contribution in [0.5, 0.6) is 0 Å². The minimum absolute atomic E-state index is 0.597. The second-order valence-electron chi connectivity index (χ2n) is 4.99. The van der Waals surface area contributed by atoms with Crippen molar-refractivity contribution >= 4 is 33.6 Å². The van der Waals surface area contributed by atoms with E-state index in [2.05, 4.69) is 0 Å². The first-order chi connectivity index (χ1) is 11.1. The molecule has 1 unspecified atom stereocenters. The van der Waals surface area contributed by atoms with Gasteiger partial charge in [0.1, 0.15) is 0 Å². The van der Waals surface area contributed by atoms with Crippen molar-refractivity contribution in [3.63, 3.8) is 0 Å². The molecule has 0 saturated carbocycles. The van der Waals surface area contributed by atoms with Gasteiger partial charge in [0, 0.05) is 11.0 Å². The minimum Gasteiger partial charge on any atom is -0.478 e. The van der Waals surface area contributed by atoms with Crippen molar-refractivity contribution in [3.05, 3.63) is 78.4 Å². The third kappa shape index (κ3) is 3.38. The topological polar surface area (TPSA) is 54.4 Å². The normalized spacial score (nSPS) is 12.5. The molecule has 3 aromatic carbocycles. The lowest BCUT2D eigenvalue weighted by molar-refractivity contribution is -0.131. The number of hydrogen-bond donors (Lipinski definition) is 1. The van der Waals surface area contributed by atoms with Crippen LogP contribution in [-0.4, -0.2) is 15.3 Å². The van der Waals surface area contributed by atoms with E-state index in [4.69, 9.17) is 5.11 Å². The third-order valence-corrected chi connectivity index (χ3v) is 4.91. The summed E-state index contributed by atoms with van der Waals surface area (Å²) < 4.78 is 12.9. The second kappa shape index (κ2) is 6.58. The van der Waals surface area contributed by atoms with Crippen LogP contribution in [0.1, 0.15) is 5.56 Å². The average molecular weight is 322 g/mol. The van der Waals surface area contributed by atoms with E-state index in [1.54, 1.807) is 24.3 Å². The highest BCUT2D eigenvalue weighted by Gasteiger charge is 2.11. The first-order valence-corrected chi connectivity index (χ1v) is 8.21. The van der Waals surface area contributed by atoms with Gasteiger partial charge in [-0.05, 0) is 40.6 Å². The number of carbonyl (C=O) groups is 1. The van der Waals surface area contributed by atoms with E-state index in [0.717, 1.165) is 16.8 Å². The Bertz CT molecular complexity index is 929. The van der Waals surface area contributed by atoms with E-state index in [1.807, 2.05) is 42.5 Å². The second-order valence-corrected chi connectivity index (χ2v) is 6.44. The van der Waals surface area contributed by atoms with Crippen LogP contribution >= 0.6 is 0 Å². The first-order valence-electron chi connectivity index (χ1n) is 7.06. The summed E-state index contributed by atoms with van der Waals surface area (Å²) in [7, 11) is -1.37. The first kappa shape index (κ1) is 15.2. The number of rotatable bonds is 4. The highest BCUT2D eigenvalue weighted by Crippen LogP contribution is 2.24. The molecular formula is C19H14O3S. The number of benzene rings is 3. The molecule has 0 saturated heterocycles. The summed E-state index contributed by atoms with van der Waals surface area (Å²) in [4.78, 5) is 12.0. The van der Waals surface area contributed by atoms with Crippen LogP contribution in [0.2, 0.25) is 0 Å². The Labute approximate surface area is 136 Å². The van der Waals surface area contributed by atoms with Crippen molar-refractivity contribution < 1.29 is 14.1 Å². The number of aliphatic carboxylic acids is 1. The number of carboxylic acids is 1. The molecule has 1 atom stereocenters. The maximum Gasteiger partial charge on any atom is 0.328 e. The summed E-state index contributed by atoms with van der Waals surface area (Å²) in [6.45, 7) is 0. The van der Waals surface area contributed by atoms with E-state index in [-0.39, 0.29) is 0 Å². The van der Waals surface area contributed by atoms with E-state index < -0.39 is 16.8 Å². The molecule has 23 heavy (non-hydrogen) atoms. The Morgan fingerprint density at radius 2 is 1.61 bits per heavy atom. The summed E-state index contributed by atoms with van der Waals surface area (Å²) in [5.41, 5.74) is 0.640. The lowest BCUT2D eigenvalue weighted by atomic mass is 10.1. The van der Waals surface area contributed by atoms with Crippen molar-refractivity contribution in [3.8, 4) is 0 Å². The number of hydrogen-bond acceptors (Lipinski definition) is 2. The molecule has 0 bridgehead atoms. The van der Waals surface area contributed by atoms with Gasteiger partial charge in [-0.1, -0.05) is 48.5 Å². The largest absolute Gasteiger partial charge is 0.478 e. The Morgan fingerprint density at radius 1 is 0.913 bits per heavy atom. The standard InChI is InChI=1S/C19H14O3S/c20-19(21)12-10-15-6-3-4-8-18(15)23(22)17-11-9-14-5-1-2-7-16(14)13-17/h1-13H,(H,20,21)/b12-10+. The monoisotopic (exact) mass is 322 g/mol. The molecule has 0 spiro atoms. The van der Waals surface area contributed by atoms with Gasteiger partial charge in [-0.2, -0.15) is 0 Å². The molecule has 0 aliphatic heterocycles. The van der Waals surface area contributed by atoms with Crippen molar-refractivity contribution in [1.82, 2.24) is 0 Å². The molecule has 0 fully saturated rings. The van der Waals surface area contributed by atoms with Crippen molar-refractivity contribution in [2.75, 3.05) is 0 Å². The van der Waals surface area contributed by atoms with Crippen LogP contribution in [-0.2, 0) is 15.6 Å². The SMILES string of the molecule is O=C(O)/C=C/c1ccccc1S(=O)c1ccc2ccccc2c1. The molecule has 1 N–H and O–H groups in total. The maximum absolute atomic E-state index is 12.9. The third-order valence-electron chi connectivity index (χ3n) is 3.46. The van der Waals surface area contributed by atoms with Crippen LogP contribution in [0.25, 0.3) is 16.8 Å². The lowest BCUT2D eigenvalue weighted by Gasteiger charge is -2.07. The van der Waals surface area contributed by atoms with Gasteiger partial charge >= 0.3 is 5.97 Å². The van der Waals surface area contributed by atoms with Gasteiger partial charge in [0.05, 0.1) is 15.7 Å². The maximum atomic E-state index is 12.9. The molecule has 114 valence electrons. The van der Waals surface area contributed by atoms with Crippen LogP contribution in [0, 0.1) is 0 Å². The van der Waals surface area contributed by atoms with E-state index in [0.29, 0.717) is 15.4 Å². The zero-order valence-electron chi connectivity index (χ0n) is 12.2. The van der Waals surface area contributed by atoms with Crippen molar-refractivity contribution in [1.29, 1.82) is 0 Å². The van der Waals surface area contributed by atoms with Crippen molar-refractivity contribution in [2.24, 2.45) is 0 Å². The summed E-state index contributed by atoms with van der Waals surface area (Å²) >= 11 is 0. The van der Waals surface area contributed by atoms with E-state index in [1.165, 1.54) is 6.08 Å². The molecule has 0 amide bonds. The molecule has 3 rings (SSSR count). The predicted molar refractivity (Wildman–Crippen MR) is 91.7 cm³/mol. The highest BCUT2D eigenvalue weighted by molar-refractivity contribution is 7.85. The number of fused-ring (bicyclic) bond motifs is 1. The summed E-state index contributed by atoms with van der Waals surface area (Å²) in [5, 5.41) is 10.9. The molecule has 0 aliphatic rings. The number of carboxylic acid groups (broad SMARTS) is 1. The molecule has 3 nitrogen and oxygen atoms in total. The Balaban J connectivity index is 2.03. The zero-order valence-corrected chi connectivity index (χ0v) is 13.0. The minimum atomic E-state index is -1.37. The fraction of sp³-hybridized carbons (Fsp3) is 0. The molecule has 0 heterocycles. The van der Waals surface area contributed by atoms with Gasteiger partial charge in [0.25, 0.3) is 0 Å². The van der Waals surface area contributed by atoms with Crippen LogP contribution < -0.4 is 0 Å². The van der Waals surface area contributed by atoms with Crippen LogP contribution in [0.3, 0.4) is 0 Å². The average Bonchev–Trinajstić information content (AvgIpc) is 2.59. The van der Waals surface area contributed by atoms with Gasteiger partial charge in [0.2, 0.25) is 0 Å². The lowest BCUT2D eigenvalue weighted by Crippen LogP contribution is -1.96. The van der Waals surface area contributed by atoms with E-state index in [9.17, 15) is 9.00 Å². The Morgan fingerprint density at radius 3 is 2.39 bits per heavy atom. The fourth-order valence-corrected chi connectivity index (χ4v) is 3.59. The summed E-state index contributed by atoms with van der Waals surface area (Å²) in [6, 6.07) is 20.7. The summed E-state index contributed by atoms with van der Waals surface area (Å²) in [5.74, 6) is -1.03. The van der Waals surface area contributed by atoms with Gasteiger partial charge in [-0.25, -0.2) is 9.00 Å². The summed E-state index contributed by atoms with van der Waals surface area (Å²) in [6.07, 6.45) is 2.52. The highest BCUT2D eigenvalue weighted by atomic mass is 32.2. The Hall–Kier alpha value is -2.72. The molecule has 4 heteroatoms. The molecular weight excluding hydrogens is 308 g/mol. The Kier molecular flexibility index (Phi) is 4.35. The molecule has 0 aliphatic carbocycles. The smallest absolute Gasteiger partial charge is 0.328 e. The molecule has 0 aromatic heterocycles. The van der Waals surface area contributed by atoms with Gasteiger partial charge in [-0.15, -0.1) is 0 Å². The van der Waals surface area contributed by atoms with Crippen LogP contribution in [0.15, 0.2) is 82.6 Å². The molecule has 0 radical (unpaired) electrons. The van der Waals surface area contributed by atoms with Gasteiger partial charge in [-0.3, -0.25) is 0 Å². The van der Waals surface area contributed by atoms with Crippen LogP contribution in [0.4, 0.5) is 0 Å². The zero-order chi connectivity index (χ0) is 16.2. The fourth-order valence-electron chi connectivity index (χ4n) is 2.36. The van der Waals surface area contributed by atoms with Gasteiger partial charge < -0.3 is 5.11 Å². The quantitative estimate of drug-likeness (QED) is 0.736. The predicted octanol–water partition coefficient (Wildman–Crippen LogP) is 4.10. The van der Waals surface area contributed by atoms with Crippen molar-refractivity contribution in [2.45, 2.75) is 9.79 Å².